The van der Waals surface area contributed by atoms with Crippen molar-refractivity contribution in [3.05, 3.63) is 36.0 Å². The van der Waals surface area contributed by atoms with Crippen molar-refractivity contribution in [3.63, 3.8) is 0 Å². The van der Waals surface area contributed by atoms with Gasteiger partial charge in [-0.15, -0.1) is 0 Å². The van der Waals surface area contributed by atoms with Crippen LogP contribution in [-0.4, -0.2) is 41.8 Å². The zero-order valence-corrected chi connectivity index (χ0v) is 12.0. The van der Waals surface area contributed by atoms with Crippen molar-refractivity contribution < 1.29 is 9.59 Å². The van der Waals surface area contributed by atoms with E-state index in [2.05, 4.69) is 16.9 Å². The fourth-order valence-corrected chi connectivity index (χ4v) is 2.38. The number of amidine groups is 1. The van der Waals surface area contributed by atoms with Crippen LogP contribution < -0.4 is 21.7 Å². The summed E-state index contributed by atoms with van der Waals surface area (Å²) in [5.41, 5.74) is 11.1. The van der Waals surface area contributed by atoms with Gasteiger partial charge in [0, 0.05) is 30.9 Å². The molecule has 1 fully saturated rings. The number of nitrogen functional groups attached to an aromatic ring is 1. The molecule has 1 atom stereocenters. The Morgan fingerprint density at radius 3 is 2.77 bits per heavy atom. The predicted octanol–water partition coefficient (Wildman–Crippen LogP) is -0.655. The minimum absolute atomic E-state index is 0.00361. The number of hydrogen-bond acceptors (Lipinski definition) is 5. The third kappa shape index (κ3) is 3.22. The smallest absolute Gasteiger partial charge is 0.251 e. The SMILES string of the molecule is C=CC(=O)N[C@H]1CCN(c2cc(C(=N)N)c(C(N)=O)cn2)C1. The number of carbonyl (C=O) groups excluding carboxylic acids is 2. The molecule has 0 aliphatic carbocycles. The highest BCUT2D eigenvalue weighted by atomic mass is 16.1. The van der Waals surface area contributed by atoms with Crippen molar-refractivity contribution in [2.75, 3.05) is 18.0 Å². The normalized spacial score (nSPS) is 17.1. The van der Waals surface area contributed by atoms with E-state index in [-0.39, 0.29) is 28.9 Å². The number of carbonyl (C=O) groups is 2. The van der Waals surface area contributed by atoms with E-state index in [1.54, 1.807) is 6.07 Å². The molecule has 6 N–H and O–H groups in total. The second kappa shape index (κ2) is 6.25. The Morgan fingerprint density at radius 2 is 2.18 bits per heavy atom. The third-order valence-electron chi connectivity index (χ3n) is 3.49. The maximum atomic E-state index is 11.3. The van der Waals surface area contributed by atoms with E-state index < -0.39 is 5.91 Å². The predicted molar refractivity (Wildman–Crippen MR) is 82.7 cm³/mol. The Morgan fingerprint density at radius 1 is 1.45 bits per heavy atom. The van der Waals surface area contributed by atoms with E-state index in [9.17, 15) is 9.59 Å². The van der Waals surface area contributed by atoms with Crippen molar-refractivity contribution in [2.24, 2.45) is 11.5 Å². The summed E-state index contributed by atoms with van der Waals surface area (Å²) in [6.07, 6.45) is 3.33. The van der Waals surface area contributed by atoms with E-state index in [0.29, 0.717) is 18.9 Å². The van der Waals surface area contributed by atoms with Crippen LogP contribution in [0.3, 0.4) is 0 Å². The van der Waals surface area contributed by atoms with Gasteiger partial charge in [0.1, 0.15) is 11.7 Å². The number of rotatable bonds is 5. The molecule has 1 aliphatic rings. The van der Waals surface area contributed by atoms with Gasteiger partial charge in [-0.3, -0.25) is 15.0 Å². The number of nitrogens with two attached hydrogens (primary N) is 2. The lowest BCUT2D eigenvalue weighted by atomic mass is 10.1. The molecule has 2 heterocycles. The number of nitrogens with one attached hydrogen (secondary N) is 2. The molecule has 0 unspecified atom stereocenters. The molecular formula is C14H18N6O2. The maximum absolute atomic E-state index is 11.3. The Hall–Kier alpha value is -2.90. The van der Waals surface area contributed by atoms with Gasteiger partial charge in [-0.25, -0.2) is 4.98 Å². The summed E-state index contributed by atoms with van der Waals surface area (Å²) >= 11 is 0. The van der Waals surface area contributed by atoms with Gasteiger partial charge in [0.15, 0.2) is 0 Å². The molecule has 22 heavy (non-hydrogen) atoms. The number of amides is 2. The van der Waals surface area contributed by atoms with Gasteiger partial charge in [-0.1, -0.05) is 6.58 Å². The average Bonchev–Trinajstić information content (AvgIpc) is 2.94. The number of aromatic nitrogens is 1. The molecule has 0 radical (unpaired) electrons. The van der Waals surface area contributed by atoms with E-state index >= 15 is 0 Å². The largest absolute Gasteiger partial charge is 0.384 e. The average molecular weight is 302 g/mol. The molecule has 0 bridgehead atoms. The van der Waals surface area contributed by atoms with Crippen molar-refractivity contribution >= 4 is 23.5 Å². The highest BCUT2D eigenvalue weighted by Gasteiger charge is 2.25. The van der Waals surface area contributed by atoms with Crippen LogP contribution in [-0.2, 0) is 4.79 Å². The summed E-state index contributed by atoms with van der Waals surface area (Å²) in [7, 11) is 0. The van der Waals surface area contributed by atoms with Crippen LogP contribution in [0.1, 0.15) is 22.3 Å². The van der Waals surface area contributed by atoms with E-state index in [1.807, 2.05) is 4.90 Å². The molecule has 0 saturated carbocycles. The highest BCUT2D eigenvalue weighted by Crippen LogP contribution is 2.21. The van der Waals surface area contributed by atoms with E-state index in [1.165, 1.54) is 12.3 Å². The van der Waals surface area contributed by atoms with Gasteiger partial charge in [-0.05, 0) is 18.6 Å². The molecule has 1 aromatic heterocycles. The van der Waals surface area contributed by atoms with Gasteiger partial charge in [0.25, 0.3) is 5.91 Å². The molecule has 2 amide bonds. The summed E-state index contributed by atoms with van der Waals surface area (Å²) < 4.78 is 0. The van der Waals surface area contributed by atoms with Crippen molar-refractivity contribution in [2.45, 2.75) is 12.5 Å². The first-order valence-electron chi connectivity index (χ1n) is 6.74. The molecule has 1 aromatic rings. The topological polar surface area (TPSA) is 138 Å². The molecule has 0 spiro atoms. The lowest BCUT2D eigenvalue weighted by molar-refractivity contribution is -0.117. The number of hydrogen-bond donors (Lipinski definition) is 4. The molecule has 1 aliphatic heterocycles. The summed E-state index contributed by atoms with van der Waals surface area (Å²) in [4.78, 5) is 28.8. The van der Waals surface area contributed by atoms with Crippen LogP contribution in [0.25, 0.3) is 0 Å². The summed E-state index contributed by atoms with van der Waals surface area (Å²) in [6.45, 7) is 4.70. The van der Waals surface area contributed by atoms with Gasteiger partial charge in [-0.2, -0.15) is 0 Å². The first kappa shape index (κ1) is 15.5. The Labute approximate surface area is 127 Å². The number of primary amides is 1. The van der Waals surface area contributed by atoms with Crippen LogP contribution in [0.5, 0.6) is 0 Å². The maximum Gasteiger partial charge on any atom is 0.251 e. The second-order valence-electron chi connectivity index (χ2n) is 5.01. The molecule has 8 nitrogen and oxygen atoms in total. The zero-order chi connectivity index (χ0) is 16.3. The van der Waals surface area contributed by atoms with Gasteiger partial charge in [0.05, 0.1) is 5.56 Å². The summed E-state index contributed by atoms with van der Waals surface area (Å²) in [6, 6.07) is 1.57. The lowest BCUT2D eigenvalue weighted by Crippen LogP contribution is -2.36. The van der Waals surface area contributed by atoms with Crippen molar-refractivity contribution in [3.8, 4) is 0 Å². The fraction of sp³-hybridized carbons (Fsp3) is 0.286. The molecular weight excluding hydrogens is 284 g/mol. The van der Waals surface area contributed by atoms with Crippen molar-refractivity contribution in [1.82, 2.24) is 10.3 Å². The zero-order valence-electron chi connectivity index (χ0n) is 12.0. The molecule has 2 rings (SSSR count). The van der Waals surface area contributed by atoms with E-state index in [4.69, 9.17) is 16.9 Å². The highest BCUT2D eigenvalue weighted by molar-refractivity contribution is 6.07. The van der Waals surface area contributed by atoms with E-state index in [0.717, 1.165) is 6.42 Å². The molecule has 1 saturated heterocycles. The van der Waals surface area contributed by atoms with Crippen molar-refractivity contribution in [1.29, 1.82) is 5.41 Å². The van der Waals surface area contributed by atoms with Crippen LogP contribution in [0.4, 0.5) is 5.82 Å². The second-order valence-corrected chi connectivity index (χ2v) is 5.01. The number of nitrogens with zero attached hydrogens (tertiary/aromatic N) is 2. The monoisotopic (exact) mass is 302 g/mol. The summed E-state index contributed by atoms with van der Waals surface area (Å²) in [5, 5.41) is 10.4. The first-order chi connectivity index (χ1) is 10.4. The molecule has 116 valence electrons. The van der Waals surface area contributed by atoms with Crippen LogP contribution >= 0.6 is 0 Å². The Kier molecular flexibility index (Phi) is 4.40. The van der Waals surface area contributed by atoms with Crippen LogP contribution in [0.2, 0.25) is 0 Å². The van der Waals surface area contributed by atoms with Gasteiger partial charge >= 0.3 is 0 Å². The minimum Gasteiger partial charge on any atom is -0.384 e. The quantitative estimate of drug-likeness (QED) is 0.325. The first-order valence-corrected chi connectivity index (χ1v) is 6.74. The number of anilines is 1. The van der Waals surface area contributed by atoms with Gasteiger partial charge < -0.3 is 21.7 Å². The fourth-order valence-electron chi connectivity index (χ4n) is 2.38. The number of pyridine rings is 1. The lowest BCUT2D eigenvalue weighted by Gasteiger charge is -2.19. The Balaban J connectivity index is 2.18. The van der Waals surface area contributed by atoms with Crippen LogP contribution in [0.15, 0.2) is 24.9 Å². The van der Waals surface area contributed by atoms with Crippen LogP contribution in [0, 0.1) is 5.41 Å². The van der Waals surface area contributed by atoms with Gasteiger partial charge in [0.2, 0.25) is 5.91 Å². The molecule has 0 aromatic carbocycles. The third-order valence-corrected chi connectivity index (χ3v) is 3.49. The standard InChI is InChI=1S/C14H18N6O2/c1-2-12(21)19-8-3-4-20(7-8)11-5-9(13(15)16)10(6-18-11)14(17)22/h2,5-6,8H,1,3-4,7H2,(H3,15,16)(H2,17,22)(H,19,21)/t8-/m0/s1. The summed E-state index contributed by atoms with van der Waals surface area (Å²) in [5.74, 6) is -0.547. The molecule has 8 heteroatoms. The minimum atomic E-state index is -0.679. The Bertz CT molecular complexity index is 642.